The summed E-state index contributed by atoms with van der Waals surface area (Å²) >= 11 is 0. The Hall–Kier alpha value is -0.458. The van der Waals surface area contributed by atoms with Crippen LogP contribution in [0.15, 0.2) is 18.2 Å². The van der Waals surface area contributed by atoms with E-state index >= 15 is 0 Å². The predicted octanol–water partition coefficient (Wildman–Crippen LogP) is 2.58. The van der Waals surface area contributed by atoms with Gasteiger partial charge >= 0.3 is 6.09 Å². The van der Waals surface area contributed by atoms with E-state index in [4.69, 9.17) is 15.2 Å². The second-order valence-electron chi connectivity index (χ2n) is 6.79. The van der Waals surface area contributed by atoms with Crippen molar-refractivity contribution < 1.29 is 67.8 Å². The molecule has 1 aliphatic heterocycles. The topological polar surface area (TPSA) is 94.8 Å². The summed E-state index contributed by atoms with van der Waals surface area (Å²) in [5, 5.41) is 13.0. The second-order valence-corrected chi connectivity index (χ2v) is 6.79. The molecule has 1 amide bonds. The maximum absolute atomic E-state index is 14.2. The van der Waals surface area contributed by atoms with Crippen molar-refractivity contribution in [1.29, 1.82) is 0 Å². The van der Waals surface area contributed by atoms with E-state index in [0.29, 0.717) is 18.2 Å². The number of amides is 1. The van der Waals surface area contributed by atoms with Crippen LogP contribution in [0.3, 0.4) is 0 Å². The van der Waals surface area contributed by atoms with Crippen LogP contribution in [0.5, 0.6) is 5.75 Å². The average Bonchev–Trinajstić information content (AvgIpc) is 2.98. The smallest absolute Gasteiger partial charge is 0.414 e. The molecular formula is C18H27AcFN3O4-. The predicted molar refractivity (Wildman–Crippen MR) is 97.0 cm³/mol. The number of hydrogen-bond acceptors (Lipinski definition) is 5. The average molecular weight is 595 g/mol. The number of nitrogens with one attached hydrogen (secondary N) is 2. The van der Waals surface area contributed by atoms with E-state index in [-0.39, 0.29) is 69.5 Å². The van der Waals surface area contributed by atoms with Crippen LogP contribution < -0.4 is 15.0 Å². The van der Waals surface area contributed by atoms with Crippen LogP contribution in [0.4, 0.5) is 14.9 Å². The Balaban J connectivity index is 0.00000364. The molecule has 1 aromatic carbocycles. The molecule has 2 atom stereocenters. The summed E-state index contributed by atoms with van der Waals surface area (Å²) in [5.41, 5.74) is 7.62. The van der Waals surface area contributed by atoms with Crippen LogP contribution in [-0.2, 0) is 4.74 Å². The van der Waals surface area contributed by atoms with Gasteiger partial charge < -0.3 is 25.6 Å². The van der Waals surface area contributed by atoms with Crippen LogP contribution in [0.1, 0.15) is 20.3 Å². The summed E-state index contributed by atoms with van der Waals surface area (Å²) in [6.07, 6.45) is -0.811. The minimum Gasteiger partial charge on any atom is -0.674 e. The van der Waals surface area contributed by atoms with Crippen molar-refractivity contribution in [2.75, 3.05) is 37.7 Å². The van der Waals surface area contributed by atoms with Gasteiger partial charge in [0.2, 0.25) is 0 Å². The quantitative estimate of drug-likeness (QED) is 0.406. The molecule has 9 heteroatoms. The van der Waals surface area contributed by atoms with Crippen molar-refractivity contribution in [3.8, 4) is 5.75 Å². The second kappa shape index (κ2) is 12.2. The number of cyclic esters (lactones) is 1. The molecule has 0 bridgehead atoms. The molecule has 0 aromatic heterocycles. The number of halogens is 1. The molecule has 1 saturated heterocycles. The van der Waals surface area contributed by atoms with Crippen molar-refractivity contribution >= 4 is 11.8 Å². The van der Waals surface area contributed by atoms with Gasteiger partial charge in [0.05, 0.1) is 12.2 Å². The first-order chi connectivity index (χ1) is 12.4. The maximum Gasteiger partial charge on any atom is 0.414 e. The molecule has 0 saturated carbocycles. The number of carbonyl (C=O) groups excluding carboxylic acids is 1. The third-order valence-corrected chi connectivity index (χ3v) is 4.04. The fourth-order valence-electron chi connectivity index (χ4n) is 2.52. The third kappa shape index (κ3) is 7.82. The molecule has 149 valence electrons. The SMILES string of the molecule is CC(C)CCNCC(O)COc1ccc(N2C[C@@H](C[NH-])OC2=O)cc1F.[Ac]. The van der Waals surface area contributed by atoms with Gasteiger partial charge in [-0.1, -0.05) is 13.8 Å². The number of aliphatic hydroxyl groups excluding tert-OH is 1. The van der Waals surface area contributed by atoms with Crippen LogP contribution in [-0.4, -0.2) is 56.2 Å². The molecule has 1 radical (unpaired) electrons. The summed E-state index contributed by atoms with van der Waals surface area (Å²) < 4.78 is 24.5. The van der Waals surface area contributed by atoms with Crippen LogP contribution in [0.2, 0.25) is 0 Å². The molecular weight excluding hydrogens is 568 g/mol. The monoisotopic (exact) mass is 595 g/mol. The van der Waals surface area contributed by atoms with E-state index in [1.54, 1.807) is 6.07 Å². The normalized spacial score (nSPS) is 17.6. The Bertz CT molecular complexity index is 606. The Morgan fingerprint density at radius 3 is 2.81 bits per heavy atom. The van der Waals surface area contributed by atoms with Gasteiger partial charge in [-0.05, 0) is 31.0 Å². The van der Waals surface area contributed by atoms with Crippen molar-refractivity contribution in [3.05, 3.63) is 29.7 Å². The molecule has 27 heavy (non-hydrogen) atoms. The Morgan fingerprint density at radius 2 is 2.22 bits per heavy atom. The molecule has 0 aliphatic carbocycles. The number of benzene rings is 1. The summed E-state index contributed by atoms with van der Waals surface area (Å²) in [6.45, 7) is 5.60. The zero-order chi connectivity index (χ0) is 19.1. The largest absolute Gasteiger partial charge is 0.674 e. The van der Waals surface area contributed by atoms with Gasteiger partial charge in [0.1, 0.15) is 18.8 Å². The number of ether oxygens (including phenoxy) is 2. The van der Waals surface area contributed by atoms with E-state index in [2.05, 4.69) is 19.2 Å². The van der Waals surface area contributed by atoms with Crippen LogP contribution in [0, 0.1) is 55.8 Å². The van der Waals surface area contributed by atoms with Gasteiger partial charge in [-0.15, -0.1) is 6.54 Å². The Morgan fingerprint density at radius 1 is 1.48 bits per heavy atom. The van der Waals surface area contributed by atoms with E-state index in [1.165, 1.54) is 17.0 Å². The molecule has 1 unspecified atom stereocenters. The van der Waals surface area contributed by atoms with Crippen molar-refractivity contribution in [3.63, 3.8) is 0 Å². The first kappa shape index (κ1) is 24.6. The Kier molecular flexibility index (Phi) is 11.1. The molecule has 1 aliphatic rings. The molecule has 2 rings (SSSR count). The minimum absolute atomic E-state index is 0. The number of hydrogen-bond donors (Lipinski definition) is 2. The van der Waals surface area contributed by atoms with Crippen LogP contribution >= 0.6 is 0 Å². The maximum atomic E-state index is 14.2. The van der Waals surface area contributed by atoms with Crippen LogP contribution in [0.25, 0.3) is 5.73 Å². The zero-order valence-electron chi connectivity index (χ0n) is 15.8. The van der Waals surface area contributed by atoms with E-state index in [0.717, 1.165) is 13.0 Å². The molecule has 7 nitrogen and oxygen atoms in total. The molecule has 3 N–H and O–H groups in total. The van der Waals surface area contributed by atoms with E-state index < -0.39 is 24.1 Å². The van der Waals surface area contributed by atoms with Gasteiger partial charge in [0.15, 0.2) is 11.6 Å². The van der Waals surface area contributed by atoms with Crippen molar-refractivity contribution in [2.24, 2.45) is 5.92 Å². The molecule has 1 fully saturated rings. The van der Waals surface area contributed by atoms with Gasteiger partial charge in [-0.3, -0.25) is 4.90 Å². The Labute approximate surface area is 195 Å². The fraction of sp³-hybridized carbons (Fsp3) is 0.611. The van der Waals surface area contributed by atoms with Gasteiger partial charge in [0, 0.05) is 56.7 Å². The molecule has 1 heterocycles. The van der Waals surface area contributed by atoms with Crippen molar-refractivity contribution in [2.45, 2.75) is 32.5 Å². The van der Waals surface area contributed by atoms with Gasteiger partial charge in [-0.25, -0.2) is 9.18 Å². The van der Waals surface area contributed by atoms with Crippen molar-refractivity contribution in [1.82, 2.24) is 5.32 Å². The number of nitrogens with zero attached hydrogens (tertiary/aromatic N) is 1. The fourth-order valence-corrected chi connectivity index (χ4v) is 2.52. The summed E-state index contributed by atoms with van der Waals surface area (Å²) in [5.74, 6) is -0.0167. The van der Waals surface area contributed by atoms with E-state index in [9.17, 15) is 14.3 Å². The van der Waals surface area contributed by atoms with E-state index in [1.807, 2.05) is 0 Å². The standard InChI is InChI=1S/C18H27FN3O4.Ac/c1-12(2)5-6-21-9-14(23)11-25-17-4-3-13(7-16(17)19)22-10-15(8-20)26-18(22)24;/h3-4,7,12,14-15,20-21,23H,5-6,8-11H2,1-2H3;/q-1;/t14?,15-;/m1./s1. The minimum atomic E-state index is -0.743. The molecule has 1 aromatic rings. The number of rotatable bonds is 10. The first-order valence-corrected chi connectivity index (χ1v) is 8.84. The zero-order valence-corrected chi connectivity index (χ0v) is 20.5. The number of aliphatic hydroxyl groups is 1. The summed E-state index contributed by atoms with van der Waals surface area (Å²) in [6, 6.07) is 4.17. The summed E-state index contributed by atoms with van der Waals surface area (Å²) in [4.78, 5) is 13.0. The van der Waals surface area contributed by atoms with Gasteiger partial charge in [0.25, 0.3) is 0 Å². The first-order valence-electron chi connectivity index (χ1n) is 8.84. The molecule has 0 spiro atoms. The van der Waals surface area contributed by atoms with Gasteiger partial charge in [-0.2, -0.15) is 0 Å². The summed E-state index contributed by atoms with van der Waals surface area (Å²) in [7, 11) is 0. The number of anilines is 1. The number of carbonyl (C=O) groups is 1. The third-order valence-electron chi connectivity index (χ3n) is 4.04.